The Hall–Kier alpha value is -2.14. The van der Waals surface area contributed by atoms with Crippen LogP contribution in [0.3, 0.4) is 0 Å². The van der Waals surface area contributed by atoms with Crippen LogP contribution < -0.4 is 14.8 Å². The Bertz CT molecular complexity index is 676. The summed E-state index contributed by atoms with van der Waals surface area (Å²) in [6.45, 7) is 3.88. The molecule has 2 aromatic carbocycles. The van der Waals surface area contributed by atoms with Gasteiger partial charge in [-0.2, -0.15) is 0 Å². The lowest BCUT2D eigenvalue weighted by Crippen LogP contribution is -2.33. The van der Waals surface area contributed by atoms with Crippen LogP contribution in [0.1, 0.15) is 25.5 Å². The predicted molar refractivity (Wildman–Crippen MR) is 97.9 cm³/mol. The summed E-state index contributed by atoms with van der Waals surface area (Å²) in [4.78, 5) is 13.4. The van der Waals surface area contributed by atoms with Gasteiger partial charge in [-0.05, 0) is 37.6 Å². The Labute approximate surface area is 147 Å². The van der Waals surface area contributed by atoms with Crippen molar-refractivity contribution >= 4 is 17.7 Å². The Kier molecular flexibility index (Phi) is 6.55. The second kappa shape index (κ2) is 8.64. The summed E-state index contributed by atoms with van der Waals surface area (Å²) in [5, 5.41) is 2.84. The first kappa shape index (κ1) is 18.2. The molecule has 0 aliphatic rings. The molecule has 2 atom stereocenters. The third-order valence-electron chi connectivity index (χ3n) is 3.70. The van der Waals surface area contributed by atoms with Crippen molar-refractivity contribution in [3.63, 3.8) is 0 Å². The van der Waals surface area contributed by atoms with E-state index in [-0.39, 0.29) is 17.2 Å². The number of carbonyl (C=O) groups excluding carboxylic acids is 1. The van der Waals surface area contributed by atoms with E-state index < -0.39 is 0 Å². The summed E-state index contributed by atoms with van der Waals surface area (Å²) in [7, 11) is 3.20. The molecule has 5 heteroatoms. The maximum absolute atomic E-state index is 12.4. The van der Waals surface area contributed by atoms with Gasteiger partial charge in [-0.1, -0.05) is 30.3 Å². The molecule has 24 heavy (non-hydrogen) atoms. The van der Waals surface area contributed by atoms with Crippen LogP contribution in [-0.2, 0) is 4.79 Å². The average Bonchev–Trinajstić information content (AvgIpc) is 2.62. The molecule has 4 nitrogen and oxygen atoms in total. The van der Waals surface area contributed by atoms with E-state index >= 15 is 0 Å². The molecule has 0 heterocycles. The molecule has 0 spiro atoms. The van der Waals surface area contributed by atoms with Crippen LogP contribution in [0.15, 0.2) is 53.4 Å². The van der Waals surface area contributed by atoms with Gasteiger partial charge >= 0.3 is 0 Å². The van der Waals surface area contributed by atoms with Crippen LogP contribution in [0.5, 0.6) is 11.5 Å². The molecule has 0 aromatic heterocycles. The number of amides is 1. The topological polar surface area (TPSA) is 47.6 Å². The molecule has 0 saturated heterocycles. The minimum absolute atomic E-state index is 0.00568. The van der Waals surface area contributed by atoms with Gasteiger partial charge in [-0.15, -0.1) is 11.8 Å². The van der Waals surface area contributed by atoms with Gasteiger partial charge in [0, 0.05) is 4.90 Å². The number of benzene rings is 2. The zero-order valence-electron chi connectivity index (χ0n) is 14.4. The van der Waals surface area contributed by atoms with Crippen LogP contribution in [-0.4, -0.2) is 25.4 Å². The van der Waals surface area contributed by atoms with E-state index in [0.717, 1.165) is 10.5 Å². The smallest absolute Gasteiger partial charge is 0.233 e. The first-order chi connectivity index (χ1) is 11.5. The molecule has 1 amide bonds. The van der Waals surface area contributed by atoms with Gasteiger partial charge in [0.15, 0.2) is 11.5 Å². The highest BCUT2D eigenvalue weighted by Crippen LogP contribution is 2.33. The first-order valence-corrected chi connectivity index (χ1v) is 8.67. The van der Waals surface area contributed by atoms with Gasteiger partial charge in [-0.25, -0.2) is 0 Å². The molecule has 0 aliphatic heterocycles. The fourth-order valence-electron chi connectivity index (χ4n) is 2.30. The van der Waals surface area contributed by atoms with Gasteiger partial charge in [0.2, 0.25) is 5.91 Å². The first-order valence-electron chi connectivity index (χ1n) is 7.79. The summed E-state index contributed by atoms with van der Waals surface area (Å²) < 4.78 is 10.5. The summed E-state index contributed by atoms with van der Waals surface area (Å²) >= 11 is 1.49. The van der Waals surface area contributed by atoms with Crippen LogP contribution in [0.25, 0.3) is 0 Å². The average molecular weight is 345 g/mol. The highest BCUT2D eigenvalue weighted by Gasteiger charge is 2.18. The molecule has 1 unspecified atom stereocenters. The number of nitrogens with one attached hydrogen (secondary N) is 1. The van der Waals surface area contributed by atoms with Crippen molar-refractivity contribution in [3.05, 3.63) is 54.1 Å². The van der Waals surface area contributed by atoms with Crippen LogP contribution >= 0.6 is 11.8 Å². The molecular formula is C19H23NO3S. The van der Waals surface area contributed by atoms with Crippen LogP contribution in [0.4, 0.5) is 0 Å². The number of hydrogen-bond donors (Lipinski definition) is 1. The molecule has 128 valence electrons. The van der Waals surface area contributed by atoms with Crippen molar-refractivity contribution in [2.75, 3.05) is 14.2 Å². The molecule has 2 aromatic rings. The quantitative estimate of drug-likeness (QED) is 0.769. The SMILES string of the molecule is COc1ccc(SC(C)C(=O)N[C@@H](C)c2ccccc2)cc1OC. The lowest BCUT2D eigenvalue weighted by molar-refractivity contribution is -0.120. The zero-order valence-corrected chi connectivity index (χ0v) is 15.2. The maximum atomic E-state index is 12.4. The normalized spacial score (nSPS) is 13.0. The fourth-order valence-corrected chi connectivity index (χ4v) is 3.21. The molecular weight excluding hydrogens is 322 g/mol. The monoisotopic (exact) mass is 345 g/mol. The van der Waals surface area contributed by atoms with E-state index in [1.54, 1.807) is 14.2 Å². The third kappa shape index (κ3) is 4.68. The van der Waals surface area contributed by atoms with Crippen molar-refractivity contribution in [1.82, 2.24) is 5.32 Å². The Balaban J connectivity index is 1.99. The lowest BCUT2D eigenvalue weighted by atomic mass is 10.1. The van der Waals surface area contributed by atoms with E-state index in [1.165, 1.54) is 11.8 Å². The van der Waals surface area contributed by atoms with Crippen LogP contribution in [0, 0.1) is 0 Å². The Morgan fingerprint density at radius 1 is 1.00 bits per heavy atom. The number of ether oxygens (including phenoxy) is 2. The molecule has 1 N–H and O–H groups in total. The van der Waals surface area contributed by atoms with Gasteiger partial charge in [0.25, 0.3) is 0 Å². The van der Waals surface area contributed by atoms with Crippen molar-refractivity contribution < 1.29 is 14.3 Å². The summed E-state index contributed by atoms with van der Waals surface area (Å²) in [5.41, 5.74) is 1.09. The fraction of sp³-hybridized carbons (Fsp3) is 0.316. The Morgan fingerprint density at radius 3 is 2.29 bits per heavy atom. The molecule has 0 fully saturated rings. The third-order valence-corrected chi connectivity index (χ3v) is 4.79. The van der Waals surface area contributed by atoms with Crippen LogP contribution in [0.2, 0.25) is 0 Å². The highest BCUT2D eigenvalue weighted by atomic mass is 32.2. The highest BCUT2D eigenvalue weighted by molar-refractivity contribution is 8.00. The van der Waals surface area contributed by atoms with Crippen molar-refractivity contribution in [3.8, 4) is 11.5 Å². The molecule has 0 aliphatic carbocycles. The van der Waals surface area contributed by atoms with Crippen molar-refractivity contribution in [2.24, 2.45) is 0 Å². The standard InChI is InChI=1S/C19H23NO3S/c1-13(15-8-6-5-7-9-15)20-19(21)14(2)24-16-10-11-17(22-3)18(12-16)23-4/h5-14H,1-4H3,(H,20,21)/t13-,14?/m0/s1. The second-order valence-electron chi connectivity index (χ2n) is 5.42. The van der Waals surface area contributed by atoms with Crippen molar-refractivity contribution in [1.29, 1.82) is 0 Å². The number of thioether (sulfide) groups is 1. The van der Waals surface area contributed by atoms with Gasteiger partial charge in [0.1, 0.15) is 0 Å². The lowest BCUT2D eigenvalue weighted by Gasteiger charge is -2.18. The number of rotatable bonds is 7. The van der Waals surface area contributed by atoms with E-state index in [1.807, 2.05) is 62.4 Å². The molecule has 2 rings (SSSR count). The molecule has 0 radical (unpaired) electrons. The maximum Gasteiger partial charge on any atom is 0.233 e. The van der Waals surface area contributed by atoms with E-state index in [4.69, 9.17) is 9.47 Å². The molecule has 0 saturated carbocycles. The number of methoxy groups -OCH3 is 2. The van der Waals surface area contributed by atoms with Gasteiger partial charge < -0.3 is 14.8 Å². The summed E-state index contributed by atoms with van der Waals surface area (Å²) in [6, 6.07) is 15.6. The van der Waals surface area contributed by atoms with E-state index in [2.05, 4.69) is 5.32 Å². The van der Waals surface area contributed by atoms with Gasteiger partial charge in [0.05, 0.1) is 25.5 Å². The zero-order chi connectivity index (χ0) is 17.5. The van der Waals surface area contributed by atoms with Crippen molar-refractivity contribution in [2.45, 2.75) is 30.0 Å². The Morgan fingerprint density at radius 2 is 1.67 bits per heavy atom. The number of hydrogen-bond acceptors (Lipinski definition) is 4. The molecule has 0 bridgehead atoms. The summed E-state index contributed by atoms with van der Waals surface area (Å²) in [5.74, 6) is 1.34. The minimum atomic E-state index is -0.214. The second-order valence-corrected chi connectivity index (χ2v) is 6.83. The predicted octanol–water partition coefficient (Wildman–Crippen LogP) is 4.06. The van der Waals surface area contributed by atoms with E-state index in [0.29, 0.717) is 11.5 Å². The number of carbonyl (C=O) groups is 1. The summed E-state index contributed by atoms with van der Waals surface area (Å²) in [6.07, 6.45) is 0. The largest absolute Gasteiger partial charge is 0.493 e. The van der Waals surface area contributed by atoms with E-state index in [9.17, 15) is 4.79 Å². The minimum Gasteiger partial charge on any atom is -0.493 e. The van der Waals surface area contributed by atoms with Gasteiger partial charge in [-0.3, -0.25) is 4.79 Å².